The minimum absolute atomic E-state index is 0.0330. The summed E-state index contributed by atoms with van der Waals surface area (Å²) in [6, 6.07) is 16.7. The van der Waals surface area contributed by atoms with E-state index in [0.717, 1.165) is 82.6 Å². The number of unbranched alkanes of at least 4 members (excludes halogenated alkanes) is 20. The first-order valence-electron chi connectivity index (χ1n) is 28.0. The lowest BCUT2D eigenvalue weighted by molar-refractivity contribution is -0.158. The summed E-state index contributed by atoms with van der Waals surface area (Å²) in [6.07, 6.45) is 31.6. The van der Waals surface area contributed by atoms with Crippen molar-refractivity contribution < 1.29 is 41.8 Å². The lowest BCUT2D eigenvalue weighted by Crippen LogP contribution is -2.46. The Balaban J connectivity index is 1.39. The largest absolute Gasteiger partial charge is 0.461 e. The van der Waals surface area contributed by atoms with Crippen LogP contribution < -0.4 is 15.3 Å². The van der Waals surface area contributed by atoms with E-state index in [1.54, 1.807) is 30.3 Å². The highest BCUT2D eigenvalue weighted by molar-refractivity contribution is 7.52. The first-order chi connectivity index (χ1) is 36.0. The maximum atomic E-state index is 15.5. The van der Waals surface area contributed by atoms with Gasteiger partial charge < -0.3 is 24.5 Å². The summed E-state index contributed by atoms with van der Waals surface area (Å²) in [5, 5.41) is 3.00. The first kappa shape index (κ1) is 60.0. The smallest absolute Gasteiger partial charge is 0.459 e. The number of anilines is 1. The average molecular weight is 1050 g/mol. The fourth-order valence-corrected chi connectivity index (χ4v) is 11.1. The number of terminal acetylenes is 1. The Kier molecular flexibility index (Phi) is 26.9. The number of aromatic nitrogens is 4. The molecule has 3 unspecified atom stereocenters. The molecule has 0 aliphatic carbocycles. The number of nitrogens with zero attached hydrogens (tertiary/aromatic N) is 4. The van der Waals surface area contributed by atoms with Crippen LogP contribution in [0, 0.1) is 18.4 Å². The number of nitrogens with one attached hydrogen (secondary N) is 1. The van der Waals surface area contributed by atoms with Crippen LogP contribution in [0.2, 0.25) is 0 Å². The van der Waals surface area contributed by atoms with Crippen LogP contribution >= 0.6 is 7.75 Å². The second kappa shape index (κ2) is 33.2. The molecule has 3 N–H and O–H groups in total. The molecule has 1 aliphatic heterocycles. The molecule has 5 atom stereocenters. The topological polar surface area (TPSA) is 179 Å². The summed E-state index contributed by atoms with van der Waals surface area (Å²) in [5.41, 5.74) is 5.09. The highest BCUT2D eigenvalue weighted by Crippen LogP contribution is 2.49. The van der Waals surface area contributed by atoms with Gasteiger partial charge in [-0.25, -0.2) is 9.55 Å². The zero-order chi connectivity index (χ0) is 52.9. The van der Waals surface area contributed by atoms with Gasteiger partial charge in [0.05, 0.1) is 6.33 Å². The SMILES string of the molecule is C#CC1(CO[P@@](=O)(N[C@@H](Cc2ccccc2)C(=O)OC(CCCCCCCCCCC)CCCCCCCCCCC)Oc2ccccc2)OC(n2cnc3c(N)nc(F)nc32)CC1OC(=O)CCCCCCC. The van der Waals surface area contributed by atoms with Crippen LogP contribution in [0.4, 0.5) is 10.2 Å². The van der Waals surface area contributed by atoms with E-state index in [9.17, 15) is 14.0 Å². The highest BCUT2D eigenvalue weighted by Gasteiger charge is 2.53. The van der Waals surface area contributed by atoms with Crippen LogP contribution in [0.15, 0.2) is 67.0 Å². The Hall–Kier alpha value is -4.87. The number of imidazole rings is 1. The highest BCUT2D eigenvalue weighted by atomic mass is 31.2. The summed E-state index contributed by atoms with van der Waals surface area (Å²) in [6.45, 7) is 5.96. The number of ether oxygens (including phenoxy) is 3. The fourth-order valence-electron chi connectivity index (χ4n) is 9.55. The Labute approximate surface area is 441 Å². The molecule has 0 bridgehead atoms. The van der Waals surface area contributed by atoms with Crippen molar-refractivity contribution in [1.82, 2.24) is 24.6 Å². The molecule has 2 aromatic carbocycles. The standard InChI is InChI=1S/C58H86FN6O8P/c1-5-9-12-15-17-19-21-24-30-37-47(38-31-25-22-20-18-16-13-10-6-2)70-56(67)49(42-46-35-28-26-29-36-46)64-74(68,73-48-39-32-27-33-40-48)69-44-58(8-4)50(71-52(66)41-34-23-14-11-7-3)43-51(72-58)65-45-61-53-54(60)62-57(59)63-55(53)65/h4,26-29,32-33,35-36,39-40,45,47,49-51H,5-7,9-25,30-31,34,37-38,41-44H2,1-3H3,(H,64,68)(H2,60,62,63)/t49-,50?,51?,58?,74-/m0/s1. The van der Waals surface area contributed by atoms with E-state index >= 15 is 4.57 Å². The zero-order valence-corrected chi connectivity index (χ0v) is 45.6. The summed E-state index contributed by atoms with van der Waals surface area (Å²) in [7, 11) is -4.62. The number of carbonyl (C=O) groups is 2. The minimum Gasteiger partial charge on any atom is -0.461 e. The molecule has 0 amide bonds. The van der Waals surface area contributed by atoms with Gasteiger partial charge in [0.15, 0.2) is 22.6 Å². The van der Waals surface area contributed by atoms with E-state index in [4.69, 9.17) is 35.4 Å². The number of benzene rings is 2. The average Bonchev–Trinajstić information content (AvgIpc) is 3.99. The minimum atomic E-state index is -4.62. The number of fused-ring (bicyclic) bond motifs is 1. The lowest BCUT2D eigenvalue weighted by atomic mass is 9.98. The van der Waals surface area contributed by atoms with Gasteiger partial charge in [0.2, 0.25) is 0 Å². The lowest BCUT2D eigenvalue weighted by Gasteiger charge is -2.31. The fraction of sp³-hybridized carbons (Fsp3) is 0.638. The van der Waals surface area contributed by atoms with Crippen LogP contribution in [0.5, 0.6) is 5.75 Å². The number of halogens is 1. The molecule has 16 heteroatoms. The van der Waals surface area contributed by atoms with Crippen LogP contribution in [0.3, 0.4) is 0 Å². The molecule has 2 aromatic heterocycles. The van der Waals surface area contributed by atoms with E-state index in [-0.39, 0.29) is 48.1 Å². The Morgan fingerprint density at radius 1 is 0.811 bits per heavy atom. The van der Waals surface area contributed by atoms with Crippen LogP contribution in [-0.2, 0) is 39.3 Å². The molecule has 74 heavy (non-hydrogen) atoms. The maximum Gasteiger partial charge on any atom is 0.459 e. The summed E-state index contributed by atoms with van der Waals surface area (Å²) < 4.78 is 63.3. The molecule has 14 nitrogen and oxygen atoms in total. The molecule has 0 spiro atoms. The summed E-state index contributed by atoms with van der Waals surface area (Å²) >= 11 is 0. The van der Waals surface area contributed by atoms with Gasteiger partial charge in [-0.05, 0) is 56.2 Å². The first-order valence-corrected chi connectivity index (χ1v) is 29.6. The number of nitrogens with two attached hydrogens (primary N) is 1. The third-order valence-corrected chi connectivity index (χ3v) is 15.4. The van der Waals surface area contributed by atoms with Gasteiger partial charge in [-0.15, -0.1) is 6.42 Å². The second-order valence-corrected chi connectivity index (χ2v) is 21.7. The zero-order valence-electron chi connectivity index (χ0n) is 44.7. The Morgan fingerprint density at radius 2 is 1.35 bits per heavy atom. The van der Waals surface area contributed by atoms with Crippen molar-refractivity contribution in [2.75, 3.05) is 12.3 Å². The Bertz CT molecular complexity index is 2300. The van der Waals surface area contributed by atoms with Crippen molar-refractivity contribution >= 4 is 36.7 Å². The molecule has 3 heterocycles. The Morgan fingerprint density at radius 3 is 1.92 bits per heavy atom. The van der Waals surface area contributed by atoms with Gasteiger partial charge >= 0.3 is 25.8 Å². The van der Waals surface area contributed by atoms with E-state index in [1.165, 1.54) is 87.9 Å². The number of para-hydroxylation sites is 1. The number of hydrogen-bond acceptors (Lipinski definition) is 12. The van der Waals surface area contributed by atoms with Gasteiger partial charge in [-0.3, -0.25) is 18.7 Å². The number of hydrogen-bond donors (Lipinski definition) is 2. The van der Waals surface area contributed by atoms with Crippen molar-refractivity contribution in [3.63, 3.8) is 0 Å². The van der Waals surface area contributed by atoms with Crippen molar-refractivity contribution in [3.8, 4) is 18.1 Å². The second-order valence-electron chi connectivity index (χ2n) is 20.0. The van der Waals surface area contributed by atoms with Crippen molar-refractivity contribution in [2.24, 2.45) is 0 Å². The summed E-state index contributed by atoms with van der Waals surface area (Å²) in [5.74, 6) is 1.59. The molecular formula is C58H86FN6O8P. The molecule has 1 aliphatic rings. The van der Waals surface area contributed by atoms with E-state index < -0.39 is 56.3 Å². The van der Waals surface area contributed by atoms with Crippen molar-refractivity contribution in [3.05, 3.63) is 78.6 Å². The number of nitrogen functional groups attached to an aromatic ring is 1. The monoisotopic (exact) mass is 1040 g/mol. The molecule has 408 valence electrons. The van der Waals surface area contributed by atoms with Gasteiger partial charge in [-0.2, -0.15) is 19.4 Å². The van der Waals surface area contributed by atoms with Crippen LogP contribution in [0.25, 0.3) is 11.2 Å². The molecule has 1 fully saturated rings. The normalized spacial score (nSPS) is 17.8. The summed E-state index contributed by atoms with van der Waals surface area (Å²) in [4.78, 5) is 40.1. The van der Waals surface area contributed by atoms with Gasteiger partial charge in [0, 0.05) is 12.8 Å². The van der Waals surface area contributed by atoms with E-state index in [1.807, 2.05) is 30.3 Å². The quantitative estimate of drug-likeness (QED) is 0.0142. The van der Waals surface area contributed by atoms with Gasteiger partial charge in [0.25, 0.3) is 0 Å². The van der Waals surface area contributed by atoms with E-state index in [0.29, 0.717) is 6.42 Å². The van der Waals surface area contributed by atoms with Crippen molar-refractivity contribution in [2.45, 2.75) is 231 Å². The van der Waals surface area contributed by atoms with Gasteiger partial charge in [-0.1, -0.05) is 204 Å². The molecular weight excluding hydrogens is 959 g/mol. The molecule has 1 saturated heterocycles. The van der Waals surface area contributed by atoms with Crippen LogP contribution in [-0.4, -0.2) is 61.9 Å². The predicted molar refractivity (Wildman–Crippen MR) is 291 cm³/mol. The van der Waals surface area contributed by atoms with Gasteiger partial charge in [0.1, 0.15) is 36.8 Å². The number of esters is 2. The molecule has 5 rings (SSSR count). The molecule has 4 aromatic rings. The van der Waals surface area contributed by atoms with E-state index in [2.05, 4.69) is 46.7 Å². The maximum absolute atomic E-state index is 15.5. The number of rotatable bonds is 39. The molecule has 0 saturated carbocycles. The third-order valence-electron chi connectivity index (χ3n) is 13.9. The predicted octanol–water partition coefficient (Wildman–Crippen LogP) is 14.3. The third kappa shape index (κ3) is 20.3. The number of carbonyl (C=O) groups excluding carboxylic acids is 2. The van der Waals surface area contributed by atoms with Crippen LogP contribution in [0.1, 0.15) is 206 Å². The van der Waals surface area contributed by atoms with Crippen molar-refractivity contribution in [1.29, 1.82) is 0 Å². The molecule has 0 radical (unpaired) electrons.